The molecule has 1 aromatic rings. The van der Waals surface area contributed by atoms with Gasteiger partial charge in [0, 0.05) is 12.6 Å². The number of methoxy groups -OCH3 is 1. The molecule has 1 rings (SSSR count). The molecule has 0 saturated carbocycles. The summed E-state index contributed by atoms with van der Waals surface area (Å²) in [6.07, 6.45) is 1.84. The van der Waals surface area contributed by atoms with Crippen LogP contribution in [0.3, 0.4) is 0 Å². The van der Waals surface area contributed by atoms with Gasteiger partial charge in [0.05, 0.1) is 13.7 Å². The lowest BCUT2D eigenvalue weighted by atomic mass is 10.1. The van der Waals surface area contributed by atoms with Crippen LogP contribution in [0.1, 0.15) is 32.8 Å². The zero-order valence-corrected chi connectivity index (χ0v) is 13.7. The molecule has 120 valence electrons. The second-order valence-electron chi connectivity index (χ2n) is 5.77. The quantitative estimate of drug-likeness (QED) is 0.674. The van der Waals surface area contributed by atoms with Crippen molar-refractivity contribution < 1.29 is 14.2 Å². The van der Waals surface area contributed by atoms with Crippen LogP contribution in [0, 0.1) is 5.92 Å². The Bertz CT molecular complexity index is 405. The number of rotatable bonds is 10. The predicted molar refractivity (Wildman–Crippen MR) is 86.1 cm³/mol. The third-order valence-electron chi connectivity index (χ3n) is 3.14. The van der Waals surface area contributed by atoms with Crippen LogP contribution in [0.25, 0.3) is 0 Å². The van der Waals surface area contributed by atoms with Crippen molar-refractivity contribution in [3.8, 4) is 11.5 Å². The maximum atomic E-state index is 5.89. The maximum Gasteiger partial charge on any atom is 0.164 e. The van der Waals surface area contributed by atoms with E-state index in [0.717, 1.165) is 36.5 Å². The van der Waals surface area contributed by atoms with E-state index < -0.39 is 0 Å². The van der Waals surface area contributed by atoms with E-state index in [2.05, 4.69) is 13.8 Å². The molecular formula is C17H29NO3. The Hall–Kier alpha value is -1.26. The van der Waals surface area contributed by atoms with Crippen LogP contribution in [0.15, 0.2) is 18.2 Å². The van der Waals surface area contributed by atoms with E-state index in [1.54, 1.807) is 7.11 Å². The van der Waals surface area contributed by atoms with Gasteiger partial charge in [0.25, 0.3) is 0 Å². The second-order valence-corrected chi connectivity index (χ2v) is 5.77. The van der Waals surface area contributed by atoms with Gasteiger partial charge in [-0.15, -0.1) is 0 Å². The molecule has 0 fully saturated rings. The Balaban J connectivity index is 2.51. The lowest BCUT2D eigenvalue weighted by Crippen LogP contribution is -2.19. The molecule has 4 nitrogen and oxygen atoms in total. The zero-order valence-electron chi connectivity index (χ0n) is 13.7. The molecule has 0 aliphatic carbocycles. The molecule has 2 N–H and O–H groups in total. The first-order valence-electron chi connectivity index (χ1n) is 7.66. The molecule has 0 aliphatic heterocycles. The van der Waals surface area contributed by atoms with Gasteiger partial charge in [-0.3, -0.25) is 0 Å². The predicted octanol–water partition coefficient (Wildman–Crippen LogP) is 3.03. The lowest BCUT2D eigenvalue weighted by molar-refractivity contribution is 0.0913. The van der Waals surface area contributed by atoms with Crippen LogP contribution in [0.4, 0.5) is 0 Å². The number of ether oxygens (including phenoxy) is 3. The highest BCUT2D eigenvalue weighted by Crippen LogP contribution is 2.31. The van der Waals surface area contributed by atoms with Gasteiger partial charge < -0.3 is 19.9 Å². The Labute approximate surface area is 128 Å². The molecule has 0 saturated heterocycles. The summed E-state index contributed by atoms with van der Waals surface area (Å²) in [5.74, 6) is 2.19. The van der Waals surface area contributed by atoms with E-state index in [1.807, 2.05) is 25.1 Å². The van der Waals surface area contributed by atoms with E-state index in [0.29, 0.717) is 19.1 Å². The van der Waals surface area contributed by atoms with E-state index >= 15 is 0 Å². The average Bonchev–Trinajstić information content (AvgIpc) is 2.42. The van der Waals surface area contributed by atoms with Crippen LogP contribution < -0.4 is 15.2 Å². The SMILES string of the molecule is COc1cccc(CC(C)N)c1OCCOCCC(C)C. The summed E-state index contributed by atoms with van der Waals surface area (Å²) >= 11 is 0. The molecule has 1 unspecified atom stereocenters. The Morgan fingerprint density at radius 2 is 1.86 bits per heavy atom. The maximum absolute atomic E-state index is 5.89. The smallest absolute Gasteiger partial charge is 0.164 e. The first-order chi connectivity index (χ1) is 10.0. The van der Waals surface area contributed by atoms with Crippen LogP contribution >= 0.6 is 0 Å². The minimum Gasteiger partial charge on any atom is -0.493 e. The molecule has 0 bridgehead atoms. The van der Waals surface area contributed by atoms with Crippen molar-refractivity contribution in [3.63, 3.8) is 0 Å². The van der Waals surface area contributed by atoms with Gasteiger partial charge in [-0.25, -0.2) is 0 Å². The second kappa shape index (κ2) is 9.64. The van der Waals surface area contributed by atoms with E-state index in [9.17, 15) is 0 Å². The number of nitrogens with two attached hydrogens (primary N) is 1. The summed E-state index contributed by atoms with van der Waals surface area (Å²) in [5.41, 5.74) is 6.96. The van der Waals surface area contributed by atoms with E-state index in [-0.39, 0.29) is 6.04 Å². The molecule has 1 atom stereocenters. The van der Waals surface area contributed by atoms with Crippen molar-refractivity contribution in [1.29, 1.82) is 0 Å². The first-order valence-corrected chi connectivity index (χ1v) is 7.66. The minimum atomic E-state index is 0.0850. The molecular weight excluding hydrogens is 266 g/mol. The van der Waals surface area contributed by atoms with E-state index in [1.165, 1.54) is 0 Å². The summed E-state index contributed by atoms with van der Waals surface area (Å²) < 4.78 is 16.8. The Kier molecular flexibility index (Phi) is 8.16. The highest BCUT2D eigenvalue weighted by atomic mass is 16.5. The van der Waals surface area contributed by atoms with Crippen LogP contribution in [0.2, 0.25) is 0 Å². The molecule has 0 heterocycles. The average molecular weight is 295 g/mol. The van der Waals surface area contributed by atoms with Gasteiger partial charge in [-0.05, 0) is 37.3 Å². The Morgan fingerprint density at radius 3 is 2.48 bits per heavy atom. The highest BCUT2D eigenvalue weighted by Gasteiger charge is 2.11. The zero-order chi connectivity index (χ0) is 15.7. The topological polar surface area (TPSA) is 53.7 Å². The van der Waals surface area contributed by atoms with Crippen LogP contribution in [-0.2, 0) is 11.2 Å². The fourth-order valence-electron chi connectivity index (χ4n) is 2.02. The molecule has 1 aromatic carbocycles. The summed E-state index contributed by atoms with van der Waals surface area (Å²) in [5, 5.41) is 0. The molecule has 21 heavy (non-hydrogen) atoms. The van der Waals surface area contributed by atoms with Crippen LogP contribution in [-0.4, -0.2) is 33.0 Å². The largest absolute Gasteiger partial charge is 0.493 e. The van der Waals surface area contributed by atoms with Crippen molar-refractivity contribution in [2.24, 2.45) is 11.7 Å². The number of hydrogen-bond acceptors (Lipinski definition) is 4. The monoisotopic (exact) mass is 295 g/mol. The van der Waals surface area contributed by atoms with E-state index in [4.69, 9.17) is 19.9 Å². The summed E-state index contributed by atoms with van der Waals surface area (Å²) in [6, 6.07) is 5.98. The molecule has 0 aliphatic rings. The summed E-state index contributed by atoms with van der Waals surface area (Å²) in [6.45, 7) is 8.24. The van der Waals surface area contributed by atoms with Gasteiger partial charge >= 0.3 is 0 Å². The van der Waals surface area contributed by atoms with Crippen molar-refractivity contribution in [3.05, 3.63) is 23.8 Å². The minimum absolute atomic E-state index is 0.0850. The van der Waals surface area contributed by atoms with Gasteiger partial charge in [0.1, 0.15) is 6.61 Å². The molecule has 0 amide bonds. The third-order valence-corrected chi connectivity index (χ3v) is 3.14. The van der Waals surface area contributed by atoms with Gasteiger partial charge in [0.2, 0.25) is 0 Å². The molecule has 0 spiro atoms. The summed E-state index contributed by atoms with van der Waals surface area (Å²) in [4.78, 5) is 0. The highest BCUT2D eigenvalue weighted by molar-refractivity contribution is 5.47. The fraction of sp³-hybridized carbons (Fsp3) is 0.647. The number of para-hydroxylation sites is 1. The normalized spacial score (nSPS) is 12.5. The van der Waals surface area contributed by atoms with Crippen molar-refractivity contribution in [2.45, 2.75) is 39.7 Å². The number of benzene rings is 1. The third kappa shape index (κ3) is 6.82. The van der Waals surface area contributed by atoms with Crippen molar-refractivity contribution >= 4 is 0 Å². The fourth-order valence-corrected chi connectivity index (χ4v) is 2.02. The van der Waals surface area contributed by atoms with Gasteiger partial charge in [0.15, 0.2) is 11.5 Å². The van der Waals surface area contributed by atoms with Gasteiger partial charge in [-0.2, -0.15) is 0 Å². The molecule has 4 heteroatoms. The van der Waals surface area contributed by atoms with Gasteiger partial charge in [-0.1, -0.05) is 26.0 Å². The standard InChI is InChI=1S/C17H29NO3/c1-13(2)8-9-20-10-11-21-17-15(12-14(3)18)6-5-7-16(17)19-4/h5-7,13-14H,8-12,18H2,1-4H3. The first kappa shape index (κ1) is 17.8. The molecule has 0 aromatic heterocycles. The summed E-state index contributed by atoms with van der Waals surface area (Å²) in [7, 11) is 1.65. The van der Waals surface area contributed by atoms with Crippen molar-refractivity contribution in [1.82, 2.24) is 0 Å². The molecule has 0 radical (unpaired) electrons. The number of hydrogen-bond donors (Lipinski definition) is 1. The Morgan fingerprint density at radius 1 is 1.10 bits per heavy atom. The van der Waals surface area contributed by atoms with Crippen LogP contribution in [0.5, 0.6) is 11.5 Å². The van der Waals surface area contributed by atoms with Crippen molar-refractivity contribution in [2.75, 3.05) is 26.9 Å². The lowest BCUT2D eigenvalue weighted by Gasteiger charge is -2.16.